The summed E-state index contributed by atoms with van der Waals surface area (Å²) >= 11 is -0.552. The molecule has 144 valence electrons. The third-order valence-corrected chi connectivity index (χ3v) is 6.90. The van der Waals surface area contributed by atoms with Crippen LogP contribution in [-0.4, -0.2) is 14.5 Å². The van der Waals surface area contributed by atoms with Crippen LogP contribution < -0.4 is 5.32 Å². The Labute approximate surface area is 174 Å². The average molecular weight is 421 g/mol. The molecule has 0 saturated carbocycles. The van der Waals surface area contributed by atoms with Crippen LogP contribution in [0.4, 0.5) is 11.6 Å². The van der Waals surface area contributed by atoms with Crippen LogP contribution in [0.2, 0.25) is 0 Å². The van der Waals surface area contributed by atoms with Gasteiger partial charge in [-0.25, -0.2) is 9.97 Å². The maximum atomic E-state index is 11.3. The monoisotopic (exact) mass is 420 g/mol. The molecule has 0 radical (unpaired) electrons. The highest BCUT2D eigenvalue weighted by molar-refractivity contribution is 7.79. The number of hydrogen-bond donors (Lipinski definition) is 2. The molecule has 2 heterocycles. The summed E-state index contributed by atoms with van der Waals surface area (Å²) in [5.74, 6) is 0.481. The van der Waals surface area contributed by atoms with Crippen LogP contribution in [-0.2, 0) is 28.1 Å². The predicted molar refractivity (Wildman–Crippen MR) is 118 cm³/mol. The molecule has 0 aliphatic heterocycles. The van der Waals surface area contributed by atoms with Crippen molar-refractivity contribution in [2.75, 3.05) is 5.32 Å². The van der Waals surface area contributed by atoms with Gasteiger partial charge in [-0.2, -0.15) is 4.55 Å². The van der Waals surface area contributed by atoms with E-state index in [1.165, 1.54) is 20.9 Å². The van der Waals surface area contributed by atoms with E-state index in [4.69, 9.17) is 4.98 Å². The Morgan fingerprint density at radius 2 is 1.90 bits per heavy atom. The largest absolute Gasteiger partial charge is 0.324 e. The number of thiol groups is 1. The van der Waals surface area contributed by atoms with E-state index in [0.29, 0.717) is 16.5 Å². The van der Waals surface area contributed by atoms with Gasteiger partial charge in [0.1, 0.15) is 0 Å². The van der Waals surface area contributed by atoms with Gasteiger partial charge < -0.3 is 5.32 Å². The summed E-state index contributed by atoms with van der Waals surface area (Å²) in [5, 5.41) is 3.16. The number of aromatic nitrogens is 2. The highest BCUT2D eigenvalue weighted by Crippen LogP contribution is 2.41. The van der Waals surface area contributed by atoms with Crippen LogP contribution >= 0.6 is 11.3 Å². The zero-order valence-corrected chi connectivity index (χ0v) is 17.1. The minimum absolute atomic E-state index is 0.371. The fourth-order valence-electron chi connectivity index (χ4n) is 3.52. The first kappa shape index (κ1) is 18.2. The summed E-state index contributed by atoms with van der Waals surface area (Å²) < 4.78 is 20.7. The smallest absolute Gasteiger partial charge is 0.235 e. The molecule has 2 aromatic heterocycles. The van der Waals surface area contributed by atoms with E-state index >= 15 is 0 Å². The van der Waals surface area contributed by atoms with Gasteiger partial charge in [-0.15, -0.1) is 11.3 Å². The van der Waals surface area contributed by atoms with Gasteiger partial charge in [0, 0.05) is 33.3 Å². The normalized spacial score (nSPS) is 13.4. The molecule has 0 spiro atoms. The maximum absolute atomic E-state index is 11.3. The van der Waals surface area contributed by atoms with Crippen LogP contribution in [0.25, 0.3) is 21.7 Å². The molecule has 5 nitrogen and oxygen atoms in total. The van der Waals surface area contributed by atoms with Gasteiger partial charge >= 0.3 is 0 Å². The molecule has 29 heavy (non-hydrogen) atoms. The number of aryl methyl sites for hydroxylation is 2. The van der Waals surface area contributed by atoms with E-state index in [-0.39, 0.29) is 0 Å². The number of rotatable bonds is 4. The maximum Gasteiger partial charge on any atom is 0.235 e. The Bertz CT molecular complexity index is 1220. The van der Waals surface area contributed by atoms with Crippen molar-refractivity contribution in [3.05, 3.63) is 77.3 Å². The minimum atomic E-state index is -2.38. The lowest BCUT2D eigenvalue weighted by Gasteiger charge is -2.16. The first-order valence-electron chi connectivity index (χ1n) is 9.25. The first-order valence-corrected chi connectivity index (χ1v) is 11.3. The minimum Gasteiger partial charge on any atom is -0.324 e. The third-order valence-electron chi connectivity index (χ3n) is 4.93. The lowest BCUT2D eigenvalue weighted by atomic mass is 9.96. The summed E-state index contributed by atoms with van der Waals surface area (Å²) in [6.45, 7) is 0. The van der Waals surface area contributed by atoms with Crippen molar-refractivity contribution < 1.29 is 8.76 Å². The molecule has 0 amide bonds. The summed E-state index contributed by atoms with van der Waals surface area (Å²) in [6, 6.07) is 19.5. The van der Waals surface area contributed by atoms with Crippen molar-refractivity contribution in [3.8, 4) is 21.7 Å². The molecule has 1 atom stereocenters. The molecular formula is C22H18N3O2S2+. The first-order chi connectivity index (χ1) is 14.2. The van der Waals surface area contributed by atoms with Crippen LogP contribution in [0, 0.1) is 0 Å². The molecule has 0 saturated heterocycles. The molecule has 1 unspecified atom stereocenters. The Morgan fingerprint density at radius 1 is 1.03 bits per heavy atom. The van der Waals surface area contributed by atoms with Gasteiger partial charge in [-0.1, -0.05) is 40.6 Å². The van der Waals surface area contributed by atoms with Gasteiger partial charge in [0.25, 0.3) is 0 Å². The fourth-order valence-corrected chi connectivity index (χ4v) is 5.15. The van der Waals surface area contributed by atoms with E-state index < -0.39 is 11.1 Å². The van der Waals surface area contributed by atoms with Gasteiger partial charge in [-0.05, 0) is 42.2 Å². The summed E-state index contributed by atoms with van der Waals surface area (Å²) in [7, 11) is 0. The Balaban J connectivity index is 1.50. The summed E-state index contributed by atoms with van der Waals surface area (Å²) in [4.78, 5) is 12.2. The molecule has 2 aromatic carbocycles. The Morgan fingerprint density at radius 3 is 2.72 bits per heavy atom. The van der Waals surface area contributed by atoms with Crippen LogP contribution in [0.5, 0.6) is 0 Å². The quantitative estimate of drug-likeness (QED) is 0.349. The molecule has 4 aromatic rings. The van der Waals surface area contributed by atoms with E-state index in [2.05, 4.69) is 40.6 Å². The Hall–Kier alpha value is -2.87. The van der Waals surface area contributed by atoms with Crippen LogP contribution in [0.15, 0.2) is 71.8 Å². The Kier molecular flexibility index (Phi) is 4.71. The molecule has 0 fully saturated rings. The molecule has 0 bridgehead atoms. The topological polar surface area (TPSA) is 75.1 Å². The number of thiophene rings is 1. The van der Waals surface area contributed by atoms with Crippen molar-refractivity contribution in [1.82, 2.24) is 9.97 Å². The lowest BCUT2D eigenvalue weighted by Crippen LogP contribution is -2.07. The van der Waals surface area contributed by atoms with Crippen molar-refractivity contribution in [2.45, 2.75) is 17.7 Å². The molecular weight excluding hydrogens is 402 g/mol. The van der Waals surface area contributed by atoms with Crippen molar-refractivity contribution in [2.24, 2.45) is 0 Å². The number of benzene rings is 2. The average Bonchev–Trinajstić information content (AvgIpc) is 3.19. The van der Waals surface area contributed by atoms with Crippen molar-refractivity contribution >= 4 is 34.1 Å². The second kappa shape index (κ2) is 7.51. The molecule has 2 N–H and O–H groups in total. The van der Waals surface area contributed by atoms with E-state index in [9.17, 15) is 8.76 Å². The fraction of sp³-hybridized carbons (Fsp3) is 0.0909. The zero-order chi connectivity index (χ0) is 19.8. The van der Waals surface area contributed by atoms with Crippen molar-refractivity contribution in [1.29, 1.82) is 0 Å². The van der Waals surface area contributed by atoms with E-state index in [1.54, 1.807) is 18.2 Å². The lowest BCUT2D eigenvalue weighted by molar-refractivity contribution is 0.519. The number of hydrogen-bond acceptors (Lipinski definition) is 5. The van der Waals surface area contributed by atoms with Crippen LogP contribution in [0.1, 0.15) is 10.4 Å². The van der Waals surface area contributed by atoms with Gasteiger partial charge in [0.2, 0.25) is 17.0 Å². The summed E-state index contributed by atoms with van der Waals surface area (Å²) in [5.41, 5.74) is 5.19. The molecule has 7 heteroatoms. The van der Waals surface area contributed by atoms with Crippen molar-refractivity contribution in [3.63, 3.8) is 0 Å². The standard InChI is InChI=1S/C22H17N3O2S2/c26-29(27)17-8-4-7-16(11-17)24-22-23-13-15-9-10-19-18(21(15)25-22)12-20(28-19)14-5-2-1-3-6-14/h1-8,11-13H,9-10H2,(H,26,27)(H,23,24,25)/p+1. The van der Waals surface area contributed by atoms with Crippen LogP contribution in [0.3, 0.4) is 0 Å². The number of nitrogens with zero attached hydrogens (tertiary/aromatic N) is 2. The van der Waals surface area contributed by atoms with E-state index in [0.717, 1.165) is 24.1 Å². The third kappa shape index (κ3) is 3.60. The SMILES string of the molecule is O=[SH+](O)c1cccc(Nc2ncc3c(n2)-c2cc(-c4ccccc4)sc2CC3)c1. The highest BCUT2D eigenvalue weighted by Gasteiger charge is 2.22. The number of nitrogens with one attached hydrogen (secondary N) is 1. The molecule has 1 aliphatic rings. The summed E-state index contributed by atoms with van der Waals surface area (Å²) in [6.07, 6.45) is 3.81. The van der Waals surface area contributed by atoms with E-state index in [1.807, 2.05) is 29.7 Å². The zero-order valence-electron chi connectivity index (χ0n) is 15.4. The number of anilines is 2. The molecule has 5 rings (SSSR count). The van der Waals surface area contributed by atoms with Gasteiger partial charge in [0.15, 0.2) is 4.90 Å². The van der Waals surface area contributed by atoms with Gasteiger partial charge in [-0.3, -0.25) is 0 Å². The molecule has 1 aliphatic carbocycles. The van der Waals surface area contributed by atoms with Gasteiger partial charge in [0.05, 0.1) is 5.69 Å². The number of fused-ring (bicyclic) bond motifs is 3. The second-order valence-electron chi connectivity index (χ2n) is 6.83. The second-order valence-corrected chi connectivity index (χ2v) is 9.03. The predicted octanol–water partition coefficient (Wildman–Crippen LogP) is 5.24. The highest BCUT2D eigenvalue weighted by atomic mass is 32.2.